The first-order valence-corrected chi connectivity index (χ1v) is 7.35. The van der Waals surface area contributed by atoms with Gasteiger partial charge in [0.1, 0.15) is 5.75 Å². The van der Waals surface area contributed by atoms with Crippen molar-refractivity contribution in [3.63, 3.8) is 0 Å². The minimum Gasteiger partial charge on any atom is -0.481 e. The Morgan fingerprint density at radius 1 is 1.23 bits per heavy atom. The van der Waals surface area contributed by atoms with Crippen molar-refractivity contribution in [2.75, 3.05) is 0 Å². The molecule has 0 heterocycles. The maximum Gasteiger partial charge on any atom is 0.261 e. The Balaban J connectivity index is 1.89. The molecule has 0 bridgehead atoms. The standard InChI is InChI=1S/C17H18ClNO3/c1-12(22-16-7-3-5-14(9-16)11-20)17(21)19-10-13-4-2-6-15(18)8-13/h2-9,12,20H,10-11H2,1H3,(H,19,21). The number of aliphatic hydroxyl groups is 1. The van der Waals surface area contributed by atoms with Crippen molar-refractivity contribution in [3.05, 3.63) is 64.7 Å². The fraction of sp³-hybridized carbons (Fsp3) is 0.235. The van der Waals surface area contributed by atoms with Gasteiger partial charge in [-0.05, 0) is 42.3 Å². The topological polar surface area (TPSA) is 58.6 Å². The van der Waals surface area contributed by atoms with Gasteiger partial charge in [-0.2, -0.15) is 0 Å². The third kappa shape index (κ3) is 4.76. The summed E-state index contributed by atoms with van der Waals surface area (Å²) in [5.74, 6) is 0.339. The highest BCUT2D eigenvalue weighted by molar-refractivity contribution is 6.30. The summed E-state index contributed by atoms with van der Waals surface area (Å²) in [5, 5.41) is 12.5. The van der Waals surface area contributed by atoms with Crippen LogP contribution in [0.5, 0.6) is 5.75 Å². The quantitative estimate of drug-likeness (QED) is 0.860. The maximum absolute atomic E-state index is 12.0. The van der Waals surface area contributed by atoms with Gasteiger partial charge in [0.15, 0.2) is 6.10 Å². The second-order valence-electron chi connectivity index (χ2n) is 4.91. The number of nitrogens with one attached hydrogen (secondary N) is 1. The molecule has 0 saturated heterocycles. The Kier molecular flexibility index (Phi) is 5.81. The smallest absolute Gasteiger partial charge is 0.261 e. The molecular weight excluding hydrogens is 302 g/mol. The molecular formula is C17H18ClNO3. The van der Waals surface area contributed by atoms with Gasteiger partial charge in [0.05, 0.1) is 6.61 Å². The number of carbonyl (C=O) groups is 1. The molecule has 0 aromatic heterocycles. The summed E-state index contributed by atoms with van der Waals surface area (Å²) in [6.07, 6.45) is -0.631. The predicted octanol–water partition coefficient (Wildman–Crippen LogP) is 2.92. The lowest BCUT2D eigenvalue weighted by molar-refractivity contribution is -0.127. The molecule has 0 aliphatic rings. The molecule has 4 nitrogen and oxygen atoms in total. The minimum absolute atomic E-state index is 0.0630. The molecule has 2 aromatic carbocycles. The van der Waals surface area contributed by atoms with Crippen LogP contribution in [0.15, 0.2) is 48.5 Å². The van der Waals surface area contributed by atoms with E-state index >= 15 is 0 Å². The molecule has 0 spiro atoms. The molecule has 22 heavy (non-hydrogen) atoms. The Morgan fingerprint density at radius 3 is 2.68 bits per heavy atom. The van der Waals surface area contributed by atoms with Gasteiger partial charge in [0.25, 0.3) is 5.91 Å². The lowest BCUT2D eigenvalue weighted by atomic mass is 10.2. The van der Waals surface area contributed by atoms with Crippen molar-refractivity contribution in [3.8, 4) is 5.75 Å². The van der Waals surface area contributed by atoms with Crippen molar-refractivity contribution >= 4 is 17.5 Å². The van der Waals surface area contributed by atoms with E-state index in [1.54, 1.807) is 43.3 Å². The van der Waals surface area contributed by atoms with E-state index in [4.69, 9.17) is 21.4 Å². The van der Waals surface area contributed by atoms with Crippen molar-refractivity contribution in [1.82, 2.24) is 5.32 Å². The number of hydrogen-bond acceptors (Lipinski definition) is 3. The first kappa shape index (κ1) is 16.3. The van der Waals surface area contributed by atoms with Crippen LogP contribution in [-0.2, 0) is 17.9 Å². The fourth-order valence-corrected chi connectivity index (χ4v) is 2.17. The van der Waals surface area contributed by atoms with Crippen LogP contribution in [0.25, 0.3) is 0 Å². The van der Waals surface area contributed by atoms with Gasteiger partial charge >= 0.3 is 0 Å². The summed E-state index contributed by atoms with van der Waals surface area (Å²) in [7, 11) is 0. The Hall–Kier alpha value is -2.04. The number of ether oxygens (including phenoxy) is 1. The summed E-state index contributed by atoms with van der Waals surface area (Å²) in [4.78, 5) is 12.0. The molecule has 2 N–H and O–H groups in total. The van der Waals surface area contributed by atoms with Crippen LogP contribution in [0.3, 0.4) is 0 Å². The first-order valence-electron chi connectivity index (χ1n) is 6.97. The van der Waals surface area contributed by atoms with E-state index in [-0.39, 0.29) is 12.5 Å². The van der Waals surface area contributed by atoms with Crippen molar-refractivity contribution in [1.29, 1.82) is 0 Å². The van der Waals surface area contributed by atoms with Crippen molar-refractivity contribution in [2.24, 2.45) is 0 Å². The monoisotopic (exact) mass is 319 g/mol. The molecule has 0 fully saturated rings. The van der Waals surface area contributed by atoms with Crippen LogP contribution < -0.4 is 10.1 Å². The zero-order chi connectivity index (χ0) is 15.9. The van der Waals surface area contributed by atoms with Crippen LogP contribution in [-0.4, -0.2) is 17.1 Å². The zero-order valence-corrected chi connectivity index (χ0v) is 13.0. The number of benzene rings is 2. The van der Waals surface area contributed by atoms with Crippen molar-refractivity contribution in [2.45, 2.75) is 26.2 Å². The second-order valence-corrected chi connectivity index (χ2v) is 5.35. The average Bonchev–Trinajstić information content (AvgIpc) is 2.52. The van der Waals surface area contributed by atoms with Crippen LogP contribution in [0.1, 0.15) is 18.1 Å². The SMILES string of the molecule is CC(Oc1cccc(CO)c1)C(=O)NCc1cccc(Cl)c1. The minimum atomic E-state index is -0.631. The third-order valence-corrected chi connectivity index (χ3v) is 3.35. The van der Waals surface area contributed by atoms with E-state index < -0.39 is 6.10 Å². The van der Waals surface area contributed by atoms with Crippen molar-refractivity contribution < 1.29 is 14.6 Å². The van der Waals surface area contributed by atoms with Gasteiger partial charge in [0.2, 0.25) is 0 Å². The predicted molar refractivity (Wildman–Crippen MR) is 85.8 cm³/mol. The number of aliphatic hydroxyl groups excluding tert-OH is 1. The third-order valence-electron chi connectivity index (χ3n) is 3.12. The van der Waals surface area contributed by atoms with Gasteiger partial charge in [-0.3, -0.25) is 4.79 Å². The number of halogens is 1. The van der Waals surface area contributed by atoms with Gasteiger partial charge in [0, 0.05) is 11.6 Å². The molecule has 116 valence electrons. The summed E-state index contributed by atoms with van der Waals surface area (Å²) >= 11 is 5.90. The number of amides is 1. The fourth-order valence-electron chi connectivity index (χ4n) is 1.95. The molecule has 5 heteroatoms. The highest BCUT2D eigenvalue weighted by Crippen LogP contribution is 2.15. The summed E-state index contributed by atoms with van der Waals surface area (Å²) in [6, 6.07) is 14.3. The van der Waals surface area contributed by atoms with Gasteiger partial charge < -0.3 is 15.2 Å². The lowest BCUT2D eigenvalue weighted by Crippen LogP contribution is -2.35. The number of hydrogen-bond donors (Lipinski definition) is 2. The van der Waals surface area contributed by atoms with Gasteiger partial charge in [-0.15, -0.1) is 0 Å². The normalized spacial score (nSPS) is 11.8. The summed E-state index contributed by atoms with van der Waals surface area (Å²) in [6.45, 7) is 2.01. The Bertz CT molecular complexity index is 645. The summed E-state index contributed by atoms with van der Waals surface area (Å²) < 4.78 is 5.58. The van der Waals surface area contributed by atoms with Crippen LogP contribution in [0, 0.1) is 0 Å². The highest BCUT2D eigenvalue weighted by Gasteiger charge is 2.14. The highest BCUT2D eigenvalue weighted by atomic mass is 35.5. The largest absolute Gasteiger partial charge is 0.481 e. The maximum atomic E-state index is 12.0. The molecule has 2 rings (SSSR count). The molecule has 0 radical (unpaired) electrons. The second kappa shape index (κ2) is 7.82. The molecule has 1 atom stereocenters. The molecule has 1 amide bonds. The number of rotatable bonds is 6. The molecule has 0 aliphatic carbocycles. The molecule has 0 saturated carbocycles. The number of carbonyl (C=O) groups excluding carboxylic acids is 1. The van der Waals surface area contributed by atoms with E-state index in [1.165, 1.54) is 0 Å². The zero-order valence-electron chi connectivity index (χ0n) is 12.3. The van der Waals surface area contributed by atoms with E-state index in [0.29, 0.717) is 17.3 Å². The van der Waals surface area contributed by atoms with Crippen LogP contribution >= 0.6 is 11.6 Å². The summed E-state index contributed by atoms with van der Waals surface area (Å²) in [5.41, 5.74) is 1.67. The van der Waals surface area contributed by atoms with E-state index in [1.807, 2.05) is 12.1 Å². The molecule has 0 aliphatic heterocycles. The average molecular weight is 320 g/mol. The molecule has 2 aromatic rings. The van der Waals surface area contributed by atoms with E-state index in [9.17, 15) is 4.79 Å². The first-order chi connectivity index (χ1) is 10.6. The Morgan fingerprint density at radius 2 is 1.95 bits per heavy atom. The van der Waals surface area contributed by atoms with Crippen LogP contribution in [0.4, 0.5) is 0 Å². The Labute approximate surface area is 134 Å². The lowest BCUT2D eigenvalue weighted by Gasteiger charge is -2.15. The van der Waals surface area contributed by atoms with E-state index in [2.05, 4.69) is 5.32 Å². The van der Waals surface area contributed by atoms with E-state index in [0.717, 1.165) is 11.1 Å². The van der Waals surface area contributed by atoms with Gasteiger partial charge in [-0.25, -0.2) is 0 Å². The van der Waals surface area contributed by atoms with Crippen LogP contribution in [0.2, 0.25) is 5.02 Å². The van der Waals surface area contributed by atoms with Gasteiger partial charge in [-0.1, -0.05) is 35.9 Å². The molecule has 1 unspecified atom stereocenters.